The number of nitriles is 1. The number of ketones is 1. The molecule has 0 aliphatic heterocycles. The first-order valence-corrected chi connectivity index (χ1v) is 7.54. The largest absolute Gasteiger partial charge is 0.347 e. The number of nitrogens with zero attached hydrogens (tertiary/aromatic N) is 2. The van der Waals surface area contributed by atoms with Gasteiger partial charge in [-0.05, 0) is 19.1 Å². The Morgan fingerprint density at radius 3 is 2.52 bits per heavy atom. The van der Waals surface area contributed by atoms with Gasteiger partial charge in [0.2, 0.25) is 5.78 Å². The quantitative estimate of drug-likeness (QED) is 0.406. The average molecular weight is 300 g/mol. The number of aromatic nitrogens is 1. The van der Waals surface area contributed by atoms with E-state index in [-0.39, 0.29) is 11.4 Å². The van der Waals surface area contributed by atoms with Gasteiger partial charge in [-0.1, -0.05) is 48.5 Å². The zero-order valence-corrected chi connectivity index (χ0v) is 12.9. The Bertz CT molecular complexity index is 927. The lowest BCUT2D eigenvalue weighted by molar-refractivity contribution is 0.104. The molecular formula is C20H16N2O. The molecule has 1 heterocycles. The summed E-state index contributed by atoms with van der Waals surface area (Å²) in [7, 11) is 0. The van der Waals surface area contributed by atoms with Crippen LogP contribution in [0.25, 0.3) is 17.0 Å². The maximum Gasteiger partial charge on any atom is 0.203 e. The van der Waals surface area contributed by atoms with E-state index in [4.69, 9.17) is 0 Å². The minimum Gasteiger partial charge on any atom is -0.347 e. The molecule has 0 N–H and O–H groups in total. The van der Waals surface area contributed by atoms with Crippen LogP contribution >= 0.6 is 0 Å². The lowest BCUT2D eigenvalue weighted by atomic mass is 10.0. The molecule has 0 aliphatic carbocycles. The number of hydrogen-bond donors (Lipinski definition) is 0. The van der Waals surface area contributed by atoms with Gasteiger partial charge < -0.3 is 4.57 Å². The highest BCUT2D eigenvalue weighted by atomic mass is 16.1. The second-order valence-corrected chi connectivity index (χ2v) is 5.25. The predicted molar refractivity (Wildman–Crippen MR) is 92.0 cm³/mol. The predicted octanol–water partition coefficient (Wildman–Crippen LogP) is 4.45. The standard InChI is InChI=1S/C20H16N2O/c1-2-22-14-17(18-10-6-7-11-19(18)22)12-16(13-21)20(23)15-8-4-3-5-9-15/h3-12,14H,2H2,1H3/b16-12+. The highest BCUT2D eigenvalue weighted by molar-refractivity contribution is 6.14. The van der Waals surface area contributed by atoms with E-state index in [9.17, 15) is 10.1 Å². The second kappa shape index (κ2) is 6.33. The zero-order valence-electron chi connectivity index (χ0n) is 12.9. The molecule has 3 nitrogen and oxygen atoms in total. The van der Waals surface area contributed by atoms with Crippen molar-refractivity contribution < 1.29 is 4.79 Å². The van der Waals surface area contributed by atoms with Gasteiger partial charge in [0.1, 0.15) is 11.6 Å². The van der Waals surface area contributed by atoms with E-state index < -0.39 is 0 Å². The molecule has 0 saturated heterocycles. The maximum atomic E-state index is 12.5. The molecule has 0 bridgehead atoms. The zero-order chi connectivity index (χ0) is 16.2. The molecule has 0 spiro atoms. The second-order valence-electron chi connectivity index (χ2n) is 5.25. The highest BCUT2D eigenvalue weighted by Gasteiger charge is 2.13. The molecule has 0 amide bonds. The molecule has 0 saturated carbocycles. The first-order valence-electron chi connectivity index (χ1n) is 7.54. The van der Waals surface area contributed by atoms with Crippen LogP contribution in [0.1, 0.15) is 22.8 Å². The number of Topliss-reactive ketones (excluding diaryl/α,β-unsaturated/α-hetero) is 1. The summed E-state index contributed by atoms with van der Waals surface area (Å²) < 4.78 is 2.11. The van der Waals surface area contributed by atoms with Gasteiger partial charge in [0.25, 0.3) is 0 Å². The average Bonchev–Trinajstić information content (AvgIpc) is 2.97. The van der Waals surface area contributed by atoms with Crippen molar-refractivity contribution in [2.24, 2.45) is 0 Å². The molecule has 0 fully saturated rings. The maximum absolute atomic E-state index is 12.5. The Kier molecular flexibility index (Phi) is 4.07. The van der Waals surface area contributed by atoms with Crippen LogP contribution in [-0.2, 0) is 6.54 Å². The van der Waals surface area contributed by atoms with Crippen molar-refractivity contribution in [2.75, 3.05) is 0 Å². The summed E-state index contributed by atoms with van der Waals surface area (Å²) in [6, 6.07) is 18.9. The van der Waals surface area contributed by atoms with Crippen LogP contribution in [0.4, 0.5) is 0 Å². The fraction of sp³-hybridized carbons (Fsp3) is 0.100. The molecule has 2 aromatic carbocycles. The number of fused-ring (bicyclic) bond motifs is 1. The van der Waals surface area contributed by atoms with Crippen LogP contribution < -0.4 is 0 Å². The number of carbonyl (C=O) groups is 1. The lowest BCUT2D eigenvalue weighted by Gasteiger charge is -1.99. The van der Waals surface area contributed by atoms with E-state index in [1.807, 2.05) is 42.6 Å². The van der Waals surface area contributed by atoms with Crippen molar-refractivity contribution in [3.8, 4) is 6.07 Å². The number of carbonyl (C=O) groups excluding carboxylic acids is 1. The highest BCUT2D eigenvalue weighted by Crippen LogP contribution is 2.24. The Morgan fingerprint density at radius 2 is 1.83 bits per heavy atom. The van der Waals surface area contributed by atoms with E-state index in [2.05, 4.69) is 11.5 Å². The van der Waals surface area contributed by atoms with Crippen LogP contribution in [-0.4, -0.2) is 10.4 Å². The fourth-order valence-electron chi connectivity index (χ4n) is 2.70. The van der Waals surface area contributed by atoms with Crippen LogP contribution in [0.2, 0.25) is 0 Å². The smallest absolute Gasteiger partial charge is 0.203 e. The minimum atomic E-state index is -0.249. The van der Waals surface area contributed by atoms with Gasteiger partial charge in [-0.2, -0.15) is 5.26 Å². The third-order valence-electron chi connectivity index (χ3n) is 3.86. The number of aryl methyl sites for hydroxylation is 1. The Hall–Kier alpha value is -3.12. The molecule has 1 aromatic heterocycles. The van der Waals surface area contributed by atoms with E-state index in [1.54, 1.807) is 30.3 Å². The molecule has 3 heteroatoms. The van der Waals surface area contributed by atoms with Gasteiger partial charge in [-0.25, -0.2) is 0 Å². The van der Waals surface area contributed by atoms with Crippen LogP contribution in [0.3, 0.4) is 0 Å². The van der Waals surface area contributed by atoms with Gasteiger partial charge >= 0.3 is 0 Å². The van der Waals surface area contributed by atoms with Gasteiger partial charge in [0, 0.05) is 34.8 Å². The van der Waals surface area contributed by atoms with E-state index in [0.29, 0.717) is 5.56 Å². The Labute approximate surface area is 135 Å². The molecule has 0 unspecified atom stereocenters. The molecule has 23 heavy (non-hydrogen) atoms. The number of benzene rings is 2. The first-order chi connectivity index (χ1) is 11.2. The van der Waals surface area contributed by atoms with Crippen LogP contribution in [0.5, 0.6) is 0 Å². The number of allylic oxidation sites excluding steroid dienone is 1. The third kappa shape index (κ3) is 2.79. The molecular weight excluding hydrogens is 284 g/mol. The van der Waals surface area contributed by atoms with Crippen LogP contribution in [0, 0.1) is 11.3 Å². The Balaban J connectivity index is 2.09. The fourth-order valence-corrected chi connectivity index (χ4v) is 2.70. The van der Waals surface area contributed by atoms with Crippen molar-refractivity contribution in [1.29, 1.82) is 5.26 Å². The lowest BCUT2D eigenvalue weighted by Crippen LogP contribution is -2.01. The van der Waals surface area contributed by atoms with Gasteiger partial charge in [-0.3, -0.25) is 4.79 Å². The SMILES string of the molecule is CCn1cc(/C=C(\C#N)C(=O)c2ccccc2)c2ccccc21. The van der Waals surface area contributed by atoms with E-state index in [0.717, 1.165) is 23.0 Å². The topological polar surface area (TPSA) is 45.8 Å². The molecule has 112 valence electrons. The Morgan fingerprint density at radius 1 is 1.13 bits per heavy atom. The molecule has 0 aliphatic rings. The molecule has 0 radical (unpaired) electrons. The number of hydrogen-bond acceptors (Lipinski definition) is 2. The molecule has 3 aromatic rings. The van der Waals surface area contributed by atoms with E-state index in [1.165, 1.54) is 0 Å². The number of rotatable bonds is 4. The first kappa shape index (κ1) is 14.8. The van der Waals surface area contributed by atoms with Crippen molar-refractivity contribution in [2.45, 2.75) is 13.5 Å². The van der Waals surface area contributed by atoms with Crippen molar-refractivity contribution in [1.82, 2.24) is 4.57 Å². The third-order valence-corrected chi connectivity index (χ3v) is 3.86. The van der Waals surface area contributed by atoms with Gasteiger partial charge in [0.05, 0.1) is 0 Å². The number of para-hydroxylation sites is 1. The van der Waals surface area contributed by atoms with Gasteiger partial charge in [-0.15, -0.1) is 0 Å². The summed E-state index contributed by atoms with van der Waals surface area (Å²) in [4.78, 5) is 12.5. The monoisotopic (exact) mass is 300 g/mol. The van der Waals surface area contributed by atoms with Gasteiger partial charge in [0.15, 0.2) is 0 Å². The summed E-state index contributed by atoms with van der Waals surface area (Å²) in [6.45, 7) is 2.91. The molecule has 3 rings (SSSR count). The summed E-state index contributed by atoms with van der Waals surface area (Å²) in [5.74, 6) is -0.249. The van der Waals surface area contributed by atoms with Crippen molar-refractivity contribution in [3.05, 3.63) is 77.5 Å². The van der Waals surface area contributed by atoms with Crippen molar-refractivity contribution in [3.63, 3.8) is 0 Å². The molecule has 0 atom stereocenters. The normalized spacial score (nSPS) is 11.4. The van der Waals surface area contributed by atoms with Crippen molar-refractivity contribution >= 4 is 22.8 Å². The van der Waals surface area contributed by atoms with E-state index >= 15 is 0 Å². The summed E-state index contributed by atoms with van der Waals surface area (Å²) in [5, 5.41) is 10.5. The summed E-state index contributed by atoms with van der Waals surface area (Å²) >= 11 is 0. The van der Waals surface area contributed by atoms with Crippen LogP contribution in [0.15, 0.2) is 66.4 Å². The summed E-state index contributed by atoms with van der Waals surface area (Å²) in [6.07, 6.45) is 3.67. The summed E-state index contributed by atoms with van der Waals surface area (Å²) in [5.41, 5.74) is 2.67. The minimum absolute atomic E-state index is 0.148.